The fourth-order valence-corrected chi connectivity index (χ4v) is 6.36. The Bertz CT molecular complexity index is 1220. The van der Waals surface area contributed by atoms with Gasteiger partial charge in [0.25, 0.3) is 0 Å². The molecule has 0 bridgehead atoms. The van der Waals surface area contributed by atoms with Crippen LogP contribution in [0, 0.1) is 11.7 Å². The smallest absolute Gasteiger partial charge is 0.232 e. The van der Waals surface area contributed by atoms with Gasteiger partial charge < -0.3 is 4.90 Å². The highest BCUT2D eigenvalue weighted by Crippen LogP contribution is 2.38. The van der Waals surface area contributed by atoms with E-state index in [4.69, 9.17) is 0 Å². The summed E-state index contributed by atoms with van der Waals surface area (Å²) in [6.07, 6.45) is 4.62. The molecule has 3 heterocycles. The highest BCUT2D eigenvalue weighted by molar-refractivity contribution is 8.00. The Balaban J connectivity index is 1.22. The molecule has 1 saturated heterocycles. The number of thiophene rings is 1. The van der Waals surface area contributed by atoms with Gasteiger partial charge in [0.15, 0.2) is 0 Å². The lowest BCUT2D eigenvalue weighted by molar-refractivity contribution is -0.129. The monoisotopic (exact) mass is 451 g/mol. The predicted octanol–water partition coefficient (Wildman–Crippen LogP) is 5.56. The maximum absolute atomic E-state index is 14.3. The summed E-state index contributed by atoms with van der Waals surface area (Å²) in [5.41, 5.74) is 2.00. The third-order valence-electron chi connectivity index (χ3n) is 5.86. The van der Waals surface area contributed by atoms with E-state index in [2.05, 4.69) is 34.2 Å². The molecule has 5 rings (SSSR count). The van der Waals surface area contributed by atoms with Crippen LogP contribution in [0.25, 0.3) is 20.3 Å². The summed E-state index contributed by atoms with van der Waals surface area (Å²) in [5.74, 6) is 0.843. The van der Waals surface area contributed by atoms with E-state index in [0.717, 1.165) is 46.8 Å². The van der Waals surface area contributed by atoms with Crippen molar-refractivity contribution in [2.24, 2.45) is 5.92 Å². The first-order valence-corrected chi connectivity index (χ1v) is 12.3. The number of aromatic nitrogens is 2. The summed E-state index contributed by atoms with van der Waals surface area (Å²) in [6, 6.07) is 15.6. The van der Waals surface area contributed by atoms with Crippen LogP contribution in [-0.2, 0) is 11.2 Å². The lowest BCUT2D eigenvalue weighted by atomic mass is 9.90. The number of hydrogen-bond donors (Lipinski definition) is 0. The van der Waals surface area contributed by atoms with Crippen molar-refractivity contribution in [1.29, 1.82) is 0 Å². The van der Waals surface area contributed by atoms with E-state index in [1.54, 1.807) is 6.07 Å². The second-order valence-electron chi connectivity index (χ2n) is 7.87. The van der Waals surface area contributed by atoms with E-state index in [9.17, 15) is 9.18 Å². The normalized spacial score (nSPS) is 15.1. The molecule has 0 saturated carbocycles. The number of likely N-dealkylation sites (tertiary alicyclic amines) is 1. The molecule has 0 N–H and O–H groups in total. The maximum atomic E-state index is 14.3. The van der Waals surface area contributed by atoms with Crippen LogP contribution in [0.2, 0.25) is 0 Å². The number of carbonyl (C=O) groups is 1. The van der Waals surface area contributed by atoms with Crippen molar-refractivity contribution in [3.8, 4) is 0 Å². The molecule has 1 amide bonds. The summed E-state index contributed by atoms with van der Waals surface area (Å²) in [6.45, 7) is 1.62. The van der Waals surface area contributed by atoms with E-state index >= 15 is 0 Å². The second-order valence-corrected chi connectivity index (χ2v) is 9.89. The van der Waals surface area contributed by atoms with Gasteiger partial charge in [-0.25, -0.2) is 14.4 Å². The van der Waals surface area contributed by atoms with Crippen LogP contribution in [-0.4, -0.2) is 39.6 Å². The first-order chi connectivity index (χ1) is 15.2. The van der Waals surface area contributed by atoms with Crippen LogP contribution >= 0.6 is 23.1 Å². The number of amides is 1. The molecular weight excluding hydrogens is 429 g/mol. The molecule has 1 aliphatic heterocycles. The van der Waals surface area contributed by atoms with E-state index < -0.39 is 0 Å². The van der Waals surface area contributed by atoms with Crippen LogP contribution in [0.3, 0.4) is 0 Å². The summed E-state index contributed by atoms with van der Waals surface area (Å²) >= 11 is 2.90. The summed E-state index contributed by atoms with van der Waals surface area (Å²) in [5, 5.41) is 1.29. The molecule has 1 fully saturated rings. The lowest BCUT2D eigenvalue weighted by Gasteiger charge is -2.32. The number of rotatable bonds is 5. The third-order valence-corrected chi connectivity index (χ3v) is 8.12. The van der Waals surface area contributed by atoms with E-state index in [1.807, 2.05) is 17.0 Å². The van der Waals surface area contributed by atoms with Crippen LogP contribution < -0.4 is 0 Å². The van der Waals surface area contributed by atoms with E-state index in [0.29, 0.717) is 22.6 Å². The number of piperidine rings is 1. The highest BCUT2D eigenvalue weighted by Gasteiger charge is 2.23. The van der Waals surface area contributed by atoms with Gasteiger partial charge in [-0.15, -0.1) is 11.3 Å². The van der Waals surface area contributed by atoms with Gasteiger partial charge in [0.05, 0.1) is 21.4 Å². The number of carbonyl (C=O) groups excluding carboxylic acids is 1. The van der Waals surface area contributed by atoms with E-state index in [1.165, 1.54) is 41.1 Å². The number of benzene rings is 2. The molecule has 2 aromatic heterocycles. The standard InChI is InChI=1S/C24H22FN3OS2/c25-18-7-4-8-19-21(18)22-23(31-19)24(27-15-26-22)30-14-20(29)28-11-9-17(10-12-28)13-16-5-2-1-3-6-16/h1-8,15,17H,9-14H2. The Morgan fingerprint density at radius 3 is 2.71 bits per heavy atom. The number of thioether (sulfide) groups is 1. The molecule has 2 aromatic carbocycles. The minimum atomic E-state index is -0.271. The van der Waals surface area contributed by atoms with Crippen molar-refractivity contribution in [3.05, 3.63) is 66.2 Å². The number of hydrogen-bond acceptors (Lipinski definition) is 5. The zero-order valence-corrected chi connectivity index (χ0v) is 18.6. The van der Waals surface area contributed by atoms with Crippen LogP contribution in [0.5, 0.6) is 0 Å². The molecule has 0 spiro atoms. The van der Waals surface area contributed by atoms with Crippen molar-refractivity contribution in [1.82, 2.24) is 14.9 Å². The SMILES string of the molecule is O=C(CSc1ncnc2c1sc1cccc(F)c12)N1CCC(Cc2ccccc2)CC1. The molecule has 1 aliphatic rings. The van der Waals surface area contributed by atoms with E-state index in [-0.39, 0.29) is 11.7 Å². The third kappa shape index (κ3) is 4.29. The first kappa shape index (κ1) is 20.4. The van der Waals surface area contributed by atoms with Gasteiger partial charge in [0.1, 0.15) is 17.2 Å². The Kier molecular flexibility index (Phi) is 5.87. The van der Waals surface area contributed by atoms with Crippen molar-refractivity contribution < 1.29 is 9.18 Å². The van der Waals surface area contributed by atoms with Gasteiger partial charge >= 0.3 is 0 Å². The van der Waals surface area contributed by atoms with Gasteiger partial charge in [0, 0.05) is 17.8 Å². The largest absolute Gasteiger partial charge is 0.342 e. The van der Waals surface area contributed by atoms with Gasteiger partial charge in [-0.2, -0.15) is 0 Å². The summed E-state index contributed by atoms with van der Waals surface area (Å²) in [7, 11) is 0. The molecule has 0 unspecified atom stereocenters. The van der Waals surface area contributed by atoms with Gasteiger partial charge in [0.2, 0.25) is 5.91 Å². The molecule has 7 heteroatoms. The van der Waals surface area contributed by atoms with Crippen molar-refractivity contribution in [2.75, 3.05) is 18.8 Å². The van der Waals surface area contributed by atoms with Crippen molar-refractivity contribution in [2.45, 2.75) is 24.3 Å². The van der Waals surface area contributed by atoms with Gasteiger partial charge in [-0.05, 0) is 42.9 Å². The van der Waals surface area contributed by atoms with Gasteiger partial charge in [-0.3, -0.25) is 4.79 Å². The van der Waals surface area contributed by atoms with Crippen LogP contribution in [0.15, 0.2) is 59.9 Å². The molecule has 4 nitrogen and oxygen atoms in total. The average Bonchev–Trinajstić information content (AvgIpc) is 3.19. The zero-order chi connectivity index (χ0) is 21.2. The summed E-state index contributed by atoms with van der Waals surface area (Å²) < 4.78 is 16.0. The number of halogens is 1. The Labute approximate surface area is 188 Å². The fourth-order valence-electron chi connectivity index (χ4n) is 4.21. The van der Waals surface area contributed by atoms with Crippen LogP contribution in [0.4, 0.5) is 4.39 Å². The number of fused-ring (bicyclic) bond motifs is 3. The maximum Gasteiger partial charge on any atom is 0.232 e. The summed E-state index contributed by atoms with van der Waals surface area (Å²) in [4.78, 5) is 23.5. The average molecular weight is 452 g/mol. The topological polar surface area (TPSA) is 46.1 Å². The minimum Gasteiger partial charge on any atom is -0.342 e. The molecule has 0 radical (unpaired) electrons. The first-order valence-electron chi connectivity index (χ1n) is 10.5. The molecular formula is C24H22FN3OS2. The highest BCUT2D eigenvalue weighted by atomic mass is 32.2. The molecule has 31 heavy (non-hydrogen) atoms. The van der Waals surface area contributed by atoms with Crippen LogP contribution in [0.1, 0.15) is 18.4 Å². The molecule has 158 valence electrons. The predicted molar refractivity (Wildman–Crippen MR) is 125 cm³/mol. The molecule has 0 atom stereocenters. The lowest BCUT2D eigenvalue weighted by Crippen LogP contribution is -2.39. The van der Waals surface area contributed by atoms with Gasteiger partial charge in [-0.1, -0.05) is 48.2 Å². The number of nitrogens with zero attached hydrogens (tertiary/aromatic N) is 3. The Morgan fingerprint density at radius 1 is 1.10 bits per heavy atom. The molecule has 0 aliphatic carbocycles. The zero-order valence-electron chi connectivity index (χ0n) is 17.0. The Morgan fingerprint density at radius 2 is 1.90 bits per heavy atom. The van der Waals surface area contributed by atoms with Crippen molar-refractivity contribution in [3.63, 3.8) is 0 Å². The second kappa shape index (κ2) is 8.93. The minimum absolute atomic E-state index is 0.141. The molecule has 4 aromatic rings. The van der Waals surface area contributed by atoms with Crippen molar-refractivity contribution >= 4 is 49.3 Å². The fraction of sp³-hybridized carbons (Fsp3) is 0.292. The quantitative estimate of drug-likeness (QED) is 0.295. The Hall–Kier alpha value is -2.51.